The quantitative estimate of drug-likeness (QED) is 0.871. The van der Waals surface area contributed by atoms with Crippen molar-refractivity contribution in [3.63, 3.8) is 0 Å². The Morgan fingerprint density at radius 2 is 1.95 bits per heavy atom. The number of benzene rings is 1. The summed E-state index contributed by atoms with van der Waals surface area (Å²) < 4.78 is 5.28. The van der Waals surface area contributed by atoms with E-state index in [1.165, 1.54) is 4.90 Å². The van der Waals surface area contributed by atoms with Gasteiger partial charge in [-0.05, 0) is 30.5 Å². The normalized spacial score (nSPS) is 11.4. The maximum Gasteiger partial charge on any atom is 0.230 e. The Labute approximate surface area is 129 Å². The summed E-state index contributed by atoms with van der Waals surface area (Å²) in [6, 6.07) is 9.60. The highest BCUT2D eigenvalue weighted by Crippen LogP contribution is 2.23. The third-order valence-corrected chi connectivity index (χ3v) is 3.76. The van der Waals surface area contributed by atoms with Crippen molar-refractivity contribution in [2.24, 2.45) is 0 Å². The number of anilines is 1. The summed E-state index contributed by atoms with van der Waals surface area (Å²) >= 11 is 1.67. The fourth-order valence-corrected chi connectivity index (χ4v) is 2.20. The lowest BCUT2D eigenvalue weighted by atomic mass is 9.93. The Bertz CT molecular complexity index is 612. The largest absolute Gasteiger partial charge is 0.361 e. The molecule has 0 unspecified atom stereocenters. The van der Waals surface area contributed by atoms with Gasteiger partial charge in [0.05, 0.1) is 12.1 Å². The first-order chi connectivity index (χ1) is 9.88. The molecule has 0 saturated carbocycles. The van der Waals surface area contributed by atoms with Crippen LogP contribution >= 0.6 is 11.8 Å². The molecule has 1 heterocycles. The van der Waals surface area contributed by atoms with Gasteiger partial charge < -0.3 is 9.84 Å². The third kappa shape index (κ3) is 4.36. The number of nitrogens with one attached hydrogen (secondary N) is 1. The summed E-state index contributed by atoms with van der Waals surface area (Å²) in [5.74, 6) is 0.690. The number of nitrogens with zero attached hydrogens (tertiary/aromatic N) is 1. The number of thioether (sulfide) groups is 1. The van der Waals surface area contributed by atoms with Gasteiger partial charge in [0.25, 0.3) is 0 Å². The minimum Gasteiger partial charge on any atom is -0.361 e. The molecule has 2 rings (SSSR count). The maximum atomic E-state index is 12.0. The maximum absolute atomic E-state index is 12.0. The van der Waals surface area contributed by atoms with Crippen LogP contribution in [0.3, 0.4) is 0 Å². The van der Waals surface area contributed by atoms with Crippen LogP contribution in [-0.2, 0) is 16.6 Å². The number of carbonyl (C=O) groups is 1. The Morgan fingerprint density at radius 1 is 1.29 bits per heavy atom. The SMILES string of the molecule is CSc1ccc(NC(=O)Cc2cc(C(C)(C)C)on2)cc1. The molecular formula is C16H20N2O2S. The van der Waals surface area contributed by atoms with E-state index in [9.17, 15) is 4.79 Å². The number of amides is 1. The monoisotopic (exact) mass is 304 g/mol. The number of carbonyl (C=O) groups excluding carboxylic acids is 1. The van der Waals surface area contributed by atoms with Gasteiger partial charge in [-0.15, -0.1) is 11.8 Å². The molecule has 0 aliphatic carbocycles. The molecule has 5 heteroatoms. The van der Waals surface area contributed by atoms with Gasteiger partial charge in [-0.3, -0.25) is 4.79 Å². The lowest BCUT2D eigenvalue weighted by Gasteiger charge is -2.12. The number of aromatic nitrogens is 1. The smallest absolute Gasteiger partial charge is 0.230 e. The molecule has 1 amide bonds. The zero-order chi connectivity index (χ0) is 15.5. The molecule has 0 saturated heterocycles. The highest BCUT2D eigenvalue weighted by molar-refractivity contribution is 7.98. The van der Waals surface area contributed by atoms with Crippen molar-refractivity contribution in [3.05, 3.63) is 41.8 Å². The summed E-state index contributed by atoms with van der Waals surface area (Å²) in [4.78, 5) is 13.2. The zero-order valence-corrected chi connectivity index (χ0v) is 13.6. The summed E-state index contributed by atoms with van der Waals surface area (Å²) in [6.07, 6.45) is 2.23. The van der Waals surface area contributed by atoms with Crippen LogP contribution in [-0.4, -0.2) is 17.3 Å². The molecule has 0 spiro atoms. The summed E-state index contributed by atoms with van der Waals surface area (Å²) in [5.41, 5.74) is 1.34. The van der Waals surface area contributed by atoms with E-state index in [0.29, 0.717) is 5.69 Å². The van der Waals surface area contributed by atoms with Crippen molar-refractivity contribution in [2.45, 2.75) is 37.5 Å². The molecule has 0 aliphatic heterocycles. The lowest BCUT2D eigenvalue weighted by Crippen LogP contribution is -2.14. The van der Waals surface area contributed by atoms with Gasteiger partial charge in [-0.1, -0.05) is 25.9 Å². The van der Waals surface area contributed by atoms with Crippen molar-refractivity contribution in [3.8, 4) is 0 Å². The molecule has 112 valence electrons. The second-order valence-corrected chi connectivity index (χ2v) is 6.77. The average Bonchev–Trinajstić information content (AvgIpc) is 2.88. The van der Waals surface area contributed by atoms with Crippen LogP contribution in [0.5, 0.6) is 0 Å². The minimum absolute atomic E-state index is 0.0966. The lowest BCUT2D eigenvalue weighted by molar-refractivity contribution is -0.115. The predicted molar refractivity (Wildman–Crippen MR) is 85.8 cm³/mol. The third-order valence-electron chi connectivity index (χ3n) is 3.01. The molecular weight excluding hydrogens is 284 g/mol. The molecule has 0 atom stereocenters. The molecule has 0 aliphatic rings. The van der Waals surface area contributed by atoms with Crippen molar-refractivity contribution < 1.29 is 9.32 Å². The van der Waals surface area contributed by atoms with Gasteiger partial charge in [0, 0.05) is 22.1 Å². The van der Waals surface area contributed by atoms with E-state index in [-0.39, 0.29) is 17.7 Å². The van der Waals surface area contributed by atoms with Gasteiger partial charge in [-0.2, -0.15) is 0 Å². The highest BCUT2D eigenvalue weighted by atomic mass is 32.2. The van der Waals surface area contributed by atoms with E-state index in [1.807, 2.05) is 57.4 Å². The van der Waals surface area contributed by atoms with Gasteiger partial charge >= 0.3 is 0 Å². The molecule has 4 nitrogen and oxygen atoms in total. The Hall–Kier alpha value is -1.75. The Morgan fingerprint density at radius 3 is 2.48 bits per heavy atom. The van der Waals surface area contributed by atoms with Crippen LogP contribution in [0, 0.1) is 0 Å². The minimum atomic E-state index is -0.102. The van der Waals surface area contributed by atoms with Crippen LogP contribution in [0.4, 0.5) is 5.69 Å². The Balaban J connectivity index is 1.96. The highest BCUT2D eigenvalue weighted by Gasteiger charge is 2.20. The van der Waals surface area contributed by atoms with E-state index >= 15 is 0 Å². The molecule has 2 aromatic rings. The summed E-state index contributed by atoms with van der Waals surface area (Å²) in [7, 11) is 0. The van der Waals surface area contributed by atoms with Crippen molar-refractivity contribution >= 4 is 23.4 Å². The van der Waals surface area contributed by atoms with E-state index in [1.54, 1.807) is 11.8 Å². The standard InChI is InChI=1S/C16H20N2O2S/c1-16(2,3)14-9-12(18-20-14)10-15(19)17-11-5-7-13(21-4)8-6-11/h5-9H,10H2,1-4H3,(H,17,19). The first kappa shape index (κ1) is 15.6. The topological polar surface area (TPSA) is 55.1 Å². The van der Waals surface area contributed by atoms with E-state index in [2.05, 4.69) is 10.5 Å². The number of hydrogen-bond donors (Lipinski definition) is 1. The first-order valence-corrected chi connectivity index (χ1v) is 8.01. The van der Waals surface area contributed by atoms with Crippen LogP contribution in [0.2, 0.25) is 0 Å². The summed E-state index contributed by atoms with van der Waals surface area (Å²) in [6.45, 7) is 6.14. The molecule has 1 aromatic carbocycles. The molecule has 1 N–H and O–H groups in total. The van der Waals surface area contributed by atoms with Crippen molar-refractivity contribution in [1.82, 2.24) is 5.16 Å². The first-order valence-electron chi connectivity index (χ1n) is 6.78. The van der Waals surface area contributed by atoms with Gasteiger partial charge in [0.2, 0.25) is 5.91 Å². The van der Waals surface area contributed by atoms with Crippen LogP contribution < -0.4 is 5.32 Å². The van der Waals surface area contributed by atoms with Crippen molar-refractivity contribution in [2.75, 3.05) is 11.6 Å². The molecule has 0 radical (unpaired) electrons. The van der Waals surface area contributed by atoms with Crippen LogP contribution in [0.1, 0.15) is 32.2 Å². The molecule has 0 bridgehead atoms. The van der Waals surface area contributed by atoms with Crippen LogP contribution in [0.25, 0.3) is 0 Å². The van der Waals surface area contributed by atoms with Gasteiger partial charge in [0.1, 0.15) is 5.76 Å². The number of hydrogen-bond acceptors (Lipinski definition) is 4. The second kappa shape index (κ2) is 6.35. The van der Waals surface area contributed by atoms with Crippen molar-refractivity contribution in [1.29, 1.82) is 0 Å². The fourth-order valence-electron chi connectivity index (χ4n) is 1.79. The van der Waals surface area contributed by atoms with E-state index in [0.717, 1.165) is 11.4 Å². The number of rotatable bonds is 4. The van der Waals surface area contributed by atoms with Gasteiger partial charge in [0.15, 0.2) is 0 Å². The van der Waals surface area contributed by atoms with Crippen LogP contribution in [0.15, 0.2) is 39.8 Å². The van der Waals surface area contributed by atoms with E-state index < -0.39 is 0 Å². The second-order valence-electron chi connectivity index (χ2n) is 5.89. The predicted octanol–water partition coefficient (Wildman–Crippen LogP) is 3.88. The Kier molecular flexibility index (Phi) is 4.73. The zero-order valence-electron chi connectivity index (χ0n) is 12.8. The van der Waals surface area contributed by atoms with Gasteiger partial charge in [-0.25, -0.2) is 0 Å². The average molecular weight is 304 g/mol. The molecule has 0 fully saturated rings. The van der Waals surface area contributed by atoms with E-state index in [4.69, 9.17) is 4.52 Å². The summed E-state index contributed by atoms with van der Waals surface area (Å²) in [5, 5.41) is 6.81. The fraction of sp³-hybridized carbons (Fsp3) is 0.375. The molecule has 21 heavy (non-hydrogen) atoms. The molecule has 1 aromatic heterocycles.